The maximum atomic E-state index is 11.9. The van der Waals surface area contributed by atoms with Crippen molar-refractivity contribution in [3.05, 3.63) is 12.0 Å². The van der Waals surface area contributed by atoms with Crippen molar-refractivity contribution in [1.29, 1.82) is 0 Å². The van der Waals surface area contributed by atoms with Gasteiger partial charge in [0.2, 0.25) is 0 Å². The highest BCUT2D eigenvalue weighted by atomic mass is 32.2. The molecule has 1 heterocycles. The van der Waals surface area contributed by atoms with Crippen molar-refractivity contribution in [3.8, 4) is 0 Å². The number of aryl methyl sites for hydroxylation is 1. The van der Waals surface area contributed by atoms with E-state index in [9.17, 15) is 13.2 Å². The highest BCUT2D eigenvalue weighted by Crippen LogP contribution is 2.36. The number of alkyl halides is 3. The summed E-state index contributed by atoms with van der Waals surface area (Å²) in [6.07, 6.45) is 1.22. The molecule has 0 atom stereocenters. The van der Waals surface area contributed by atoms with Crippen LogP contribution in [0.2, 0.25) is 0 Å². The van der Waals surface area contributed by atoms with Gasteiger partial charge in [-0.3, -0.25) is 0 Å². The average Bonchev–Trinajstić information content (AvgIpc) is 2.16. The number of hydrogen-bond donors (Lipinski definition) is 0. The van der Waals surface area contributed by atoms with Crippen LogP contribution in [-0.2, 0) is 7.05 Å². The molecule has 12 heavy (non-hydrogen) atoms. The number of nitrogens with zero attached hydrogens (tertiary/aromatic N) is 2. The monoisotopic (exact) mass is 196 g/mol. The summed E-state index contributed by atoms with van der Waals surface area (Å²) in [4.78, 5) is 3.74. The van der Waals surface area contributed by atoms with Gasteiger partial charge in [-0.2, -0.15) is 13.2 Å². The second-order valence-corrected chi connectivity index (χ2v) is 3.34. The van der Waals surface area contributed by atoms with E-state index in [0.717, 1.165) is 0 Å². The van der Waals surface area contributed by atoms with Crippen molar-refractivity contribution in [2.24, 2.45) is 7.05 Å². The second-order valence-electron chi connectivity index (χ2n) is 2.25. The zero-order chi connectivity index (χ0) is 9.35. The zero-order valence-corrected chi connectivity index (χ0v) is 7.33. The van der Waals surface area contributed by atoms with Crippen molar-refractivity contribution in [3.63, 3.8) is 0 Å². The van der Waals surface area contributed by atoms with Crippen LogP contribution in [0, 0.1) is 6.92 Å². The molecule has 0 spiro atoms. The van der Waals surface area contributed by atoms with Crippen LogP contribution in [0.5, 0.6) is 0 Å². The first-order valence-corrected chi connectivity index (χ1v) is 3.96. The summed E-state index contributed by atoms with van der Waals surface area (Å²) in [7, 11) is 1.55. The number of aromatic nitrogens is 2. The minimum Gasteiger partial charge on any atom is -0.326 e. The molecule has 1 rings (SSSR count). The molecule has 0 saturated carbocycles. The molecule has 0 radical (unpaired) electrons. The fourth-order valence-electron chi connectivity index (χ4n) is 0.695. The van der Waals surface area contributed by atoms with Crippen molar-refractivity contribution in [2.75, 3.05) is 0 Å². The number of hydrogen-bond acceptors (Lipinski definition) is 2. The van der Waals surface area contributed by atoms with E-state index < -0.39 is 5.51 Å². The quantitative estimate of drug-likeness (QED) is 0.641. The summed E-state index contributed by atoms with van der Waals surface area (Å²) >= 11 is -0.151. The summed E-state index contributed by atoms with van der Waals surface area (Å²) in [6.45, 7) is 1.65. The Morgan fingerprint density at radius 2 is 2.08 bits per heavy atom. The smallest absolute Gasteiger partial charge is 0.326 e. The van der Waals surface area contributed by atoms with Gasteiger partial charge in [0.05, 0.1) is 6.20 Å². The molecule has 0 unspecified atom stereocenters. The van der Waals surface area contributed by atoms with Gasteiger partial charge in [0, 0.05) is 18.8 Å². The molecule has 0 N–H and O–H groups in total. The van der Waals surface area contributed by atoms with Crippen LogP contribution in [-0.4, -0.2) is 15.1 Å². The predicted molar refractivity (Wildman–Crippen MR) is 39.9 cm³/mol. The Labute approximate surface area is 71.8 Å². The van der Waals surface area contributed by atoms with Gasteiger partial charge in [-0.05, 0) is 6.92 Å². The molecule has 0 aliphatic rings. The summed E-state index contributed by atoms with van der Waals surface area (Å²) in [5.74, 6) is 0.571. The van der Waals surface area contributed by atoms with Gasteiger partial charge in [0.1, 0.15) is 10.9 Å². The lowest BCUT2D eigenvalue weighted by Crippen LogP contribution is -2.02. The van der Waals surface area contributed by atoms with Gasteiger partial charge in [-0.15, -0.1) is 0 Å². The van der Waals surface area contributed by atoms with Gasteiger partial charge in [-0.1, -0.05) is 0 Å². The third-order valence-corrected chi connectivity index (χ3v) is 2.22. The lowest BCUT2D eigenvalue weighted by molar-refractivity contribution is -0.0330. The second kappa shape index (κ2) is 3.01. The molecular weight excluding hydrogens is 189 g/mol. The van der Waals surface area contributed by atoms with Crippen molar-refractivity contribution >= 4 is 11.8 Å². The summed E-state index contributed by atoms with van der Waals surface area (Å²) < 4.78 is 37.0. The molecule has 0 amide bonds. The molecule has 68 valence electrons. The van der Waals surface area contributed by atoms with Gasteiger partial charge < -0.3 is 4.57 Å². The van der Waals surface area contributed by atoms with Gasteiger partial charge >= 0.3 is 5.51 Å². The Morgan fingerprint density at radius 3 is 2.42 bits per heavy atom. The topological polar surface area (TPSA) is 17.8 Å². The lowest BCUT2D eigenvalue weighted by atomic mass is 10.7. The first kappa shape index (κ1) is 9.44. The lowest BCUT2D eigenvalue weighted by Gasteiger charge is -2.05. The van der Waals surface area contributed by atoms with E-state index in [0.29, 0.717) is 5.82 Å². The minimum atomic E-state index is -4.24. The fourth-order valence-corrected chi connectivity index (χ4v) is 1.31. The summed E-state index contributed by atoms with van der Waals surface area (Å²) in [6, 6.07) is 0. The van der Waals surface area contributed by atoms with E-state index in [2.05, 4.69) is 4.98 Å². The van der Waals surface area contributed by atoms with Crippen LogP contribution in [0.3, 0.4) is 0 Å². The maximum Gasteiger partial charge on any atom is 0.447 e. The Hall–Kier alpha value is -0.650. The van der Waals surface area contributed by atoms with Crippen LogP contribution < -0.4 is 0 Å². The minimum absolute atomic E-state index is 0.111. The van der Waals surface area contributed by atoms with Gasteiger partial charge in [0.15, 0.2) is 0 Å². The SMILES string of the molecule is Cc1ncc(SC(F)(F)F)n1C. The van der Waals surface area contributed by atoms with Crippen LogP contribution in [0.4, 0.5) is 13.2 Å². The van der Waals surface area contributed by atoms with Crippen molar-refractivity contribution < 1.29 is 13.2 Å². The molecule has 1 aromatic heterocycles. The molecule has 0 fully saturated rings. The molecule has 1 aromatic rings. The Kier molecular flexibility index (Phi) is 2.36. The van der Waals surface area contributed by atoms with Crippen LogP contribution in [0.1, 0.15) is 5.82 Å². The Balaban J connectivity index is 2.83. The molecule has 6 heteroatoms. The highest BCUT2D eigenvalue weighted by molar-refractivity contribution is 8.00. The summed E-state index contributed by atoms with van der Waals surface area (Å²) in [5, 5.41) is 0.111. The zero-order valence-electron chi connectivity index (χ0n) is 6.51. The van der Waals surface area contributed by atoms with Gasteiger partial charge in [0.25, 0.3) is 0 Å². The molecular formula is C6H7F3N2S. The van der Waals surface area contributed by atoms with E-state index in [1.807, 2.05) is 0 Å². The largest absolute Gasteiger partial charge is 0.447 e. The van der Waals surface area contributed by atoms with Crippen LogP contribution >= 0.6 is 11.8 Å². The fraction of sp³-hybridized carbons (Fsp3) is 0.500. The number of imidazole rings is 1. The molecule has 2 nitrogen and oxygen atoms in total. The van der Waals surface area contributed by atoms with E-state index in [4.69, 9.17) is 0 Å². The first-order chi connectivity index (χ1) is 5.40. The first-order valence-electron chi connectivity index (χ1n) is 3.14. The normalized spacial score (nSPS) is 12.1. The predicted octanol–water partition coefficient (Wildman–Crippen LogP) is 2.34. The van der Waals surface area contributed by atoms with Crippen molar-refractivity contribution in [1.82, 2.24) is 9.55 Å². The molecule has 0 aliphatic heterocycles. The van der Waals surface area contributed by atoms with E-state index in [-0.39, 0.29) is 16.8 Å². The summed E-state index contributed by atoms with van der Waals surface area (Å²) in [5.41, 5.74) is -4.24. The van der Waals surface area contributed by atoms with E-state index in [1.54, 1.807) is 14.0 Å². The van der Waals surface area contributed by atoms with E-state index >= 15 is 0 Å². The number of rotatable bonds is 1. The molecule has 0 aromatic carbocycles. The van der Waals surface area contributed by atoms with Gasteiger partial charge in [-0.25, -0.2) is 4.98 Å². The van der Waals surface area contributed by atoms with E-state index in [1.165, 1.54) is 10.8 Å². The maximum absolute atomic E-state index is 11.9. The number of thioether (sulfide) groups is 1. The standard InChI is InChI=1S/C6H7F3N2S/c1-4-10-3-5(11(4)2)12-6(7,8)9/h3H,1-2H3. The third kappa shape index (κ3) is 2.17. The Morgan fingerprint density at radius 1 is 1.50 bits per heavy atom. The molecule has 0 saturated heterocycles. The van der Waals surface area contributed by atoms with Crippen LogP contribution in [0.25, 0.3) is 0 Å². The Bertz CT molecular complexity index is 279. The number of halogens is 3. The third-order valence-electron chi connectivity index (χ3n) is 1.40. The molecule has 0 aliphatic carbocycles. The van der Waals surface area contributed by atoms with Crippen molar-refractivity contribution in [2.45, 2.75) is 17.5 Å². The van der Waals surface area contributed by atoms with Crippen LogP contribution in [0.15, 0.2) is 11.2 Å². The average molecular weight is 196 g/mol. The highest BCUT2D eigenvalue weighted by Gasteiger charge is 2.30. The molecule has 0 bridgehead atoms.